The van der Waals surface area contributed by atoms with Gasteiger partial charge in [-0.2, -0.15) is 5.10 Å². The monoisotopic (exact) mass is 216 g/mol. The number of aromatic nitrogens is 3. The van der Waals surface area contributed by atoms with Gasteiger partial charge in [0.2, 0.25) is 0 Å². The van der Waals surface area contributed by atoms with E-state index in [2.05, 4.69) is 29.2 Å². The third kappa shape index (κ3) is 2.21. The van der Waals surface area contributed by atoms with Crippen molar-refractivity contribution in [3.05, 3.63) is 41.3 Å². The predicted molar refractivity (Wildman–Crippen MR) is 64.2 cm³/mol. The van der Waals surface area contributed by atoms with Crippen LogP contribution < -0.4 is 5.32 Å². The first-order valence-electron chi connectivity index (χ1n) is 5.31. The quantitative estimate of drug-likeness (QED) is 0.853. The number of pyridine rings is 1. The van der Waals surface area contributed by atoms with Gasteiger partial charge in [-0.1, -0.05) is 0 Å². The molecule has 4 heteroatoms. The molecule has 0 spiro atoms. The molecule has 2 heterocycles. The van der Waals surface area contributed by atoms with Crippen molar-refractivity contribution in [3.8, 4) is 0 Å². The van der Waals surface area contributed by atoms with E-state index >= 15 is 0 Å². The second kappa shape index (κ2) is 4.35. The largest absolute Gasteiger partial charge is 0.366 e. The van der Waals surface area contributed by atoms with Gasteiger partial charge in [0.05, 0.1) is 6.20 Å². The van der Waals surface area contributed by atoms with Gasteiger partial charge in [0.25, 0.3) is 0 Å². The van der Waals surface area contributed by atoms with Crippen molar-refractivity contribution in [1.82, 2.24) is 14.8 Å². The predicted octanol–water partition coefficient (Wildman–Crippen LogP) is 2.04. The van der Waals surface area contributed by atoms with E-state index in [1.165, 1.54) is 16.8 Å². The van der Waals surface area contributed by atoms with Crippen molar-refractivity contribution in [1.29, 1.82) is 0 Å². The van der Waals surface area contributed by atoms with E-state index in [1.807, 2.05) is 36.3 Å². The molecule has 0 saturated heterocycles. The highest BCUT2D eigenvalue weighted by Crippen LogP contribution is 2.10. The minimum atomic E-state index is 0.760. The second-order valence-electron chi connectivity index (χ2n) is 3.95. The normalized spacial score (nSPS) is 10.4. The molecule has 0 unspecified atom stereocenters. The molecule has 0 aliphatic rings. The molecule has 0 aliphatic heterocycles. The number of nitrogens with zero attached hydrogens (tertiary/aromatic N) is 3. The van der Waals surface area contributed by atoms with E-state index in [1.54, 1.807) is 0 Å². The molecule has 0 aromatic carbocycles. The summed E-state index contributed by atoms with van der Waals surface area (Å²) >= 11 is 0. The van der Waals surface area contributed by atoms with Crippen LogP contribution in [0.2, 0.25) is 0 Å². The Hall–Kier alpha value is -1.84. The molecule has 0 amide bonds. The fourth-order valence-electron chi connectivity index (χ4n) is 1.54. The summed E-state index contributed by atoms with van der Waals surface area (Å²) in [4.78, 5) is 4.25. The lowest BCUT2D eigenvalue weighted by molar-refractivity contribution is 0.738. The lowest BCUT2D eigenvalue weighted by Gasteiger charge is -2.05. The zero-order chi connectivity index (χ0) is 11.5. The van der Waals surface area contributed by atoms with Crippen LogP contribution in [0.5, 0.6) is 0 Å². The molecule has 2 aromatic rings. The SMILES string of the molecule is Cc1ccnc(NCc2cnn(C)c2C)c1. The van der Waals surface area contributed by atoms with E-state index in [4.69, 9.17) is 0 Å². The van der Waals surface area contributed by atoms with E-state index < -0.39 is 0 Å². The number of hydrogen-bond donors (Lipinski definition) is 1. The smallest absolute Gasteiger partial charge is 0.126 e. The Kier molecular flexibility index (Phi) is 2.90. The number of aryl methyl sites for hydroxylation is 2. The zero-order valence-electron chi connectivity index (χ0n) is 9.86. The molecule has 0 fully saturated rings. The Morgan fingerprint density at radius 3 is 2.81 bits per heavy atom. The highest BCUT2D eigenvalue weighted by atomic mass is 15.3. The van der Waals surface area contributed by atoms with Crippen LogP contribution in [0.15, 0.2) is 24.5 Å². The van der Waals surface area contributed by atoms with E-state index in [0.29, 0.717) is 0 Å². The number of anilines is 1. The van der Waals surface area contributed by atoms with Gasteiger partial charge in [0.15, 0.2) is 0 Å². The summed E-state index contributed by atoms with van der Waals surface area (Å²) in [7, 11) is 1.95. The third-order valence-electron chi connectivity index (χ3n) is 2.71. The topological polar surface area (TPSA) is 42.7 Å². The average molecular weight is 216 g/mol. The lowest BCUT2D eigenvalue weighted by Crippen LogP contribution is -2.02. The highest BCUT2D eigenvalue weighted by Gasteiger charge is 2.03. The Labute approximate surface area is 95.3 Å². The molecule has 4 nitrogen and oxygen atoms in total. The molecule has 0 aliphatic carbocycles. The van der Waals surface area contributed by atoms with Gasteiger partial charge in [-0.3, -0.25) is 4.68 Å². The maximum atomic E-state index is 4.25. The molecule has 0 atom stereocenters. The van der Waals surface area contributed by atoms with Crippen LogP contribution in [0.1, 0.15) is 16.8 Å². The Bertz CT molecular complexity index is 488. The van der Waals surface area contributed by atoms with Crippen LogP contribution in [0.3, 0.4) is 0 Å². The minimum absolute atomic E-state index is 0.760. The fraction of sp³-hybridized carbons (Fsp3) is 0.333. The second-order valence-corrected chi connectivity index (χ2v) is 3.95. The average Bonchev–Trinajstić information content (AvgIpc) is 2.57. The third-order valence-corrected chi connectivity index (χ3v) is 2.71. The van der Waals surface area contributed by atoms with Crippen LogP contribution in [-0.4, -0.2) is 14.8 Å². The summed E-state index contributed by atoms with van der Waals surface area (Å²) in [6, 6.07) is 4.02. The number of hydrogen-bond acceptors (Lipinski definition) is 3. The van der Waals surface area contributed by atoms with Gasteiger partial charge in [-0.05, 0) is 31.5 Å². The summed E-state index contributed by atoms with van der Waals surface area (Å²) in [6.07, 6.45) is 3.70. The highest BCUT2D eigenvalue weighted by molar-refractivity contribution is 5.38. The maximum Gasteiger partial charge on any atom is 0.126 e. The van der Waals surface area contributed by atoms with Gasteiger partial charge < -0.3 is 5.32 Å². The summed E-state index contributed by atoms with van der Waals surface area (Å²) < 4.78 is 1.88. The molecule has 2 aromatic heterocycles. The molecule has 1 N–H and O–H groups in total. The molecule has 16 heavy (non-hydrogen) atoms. The van der Waals surface area contributed by atoms with Gasteiger partial charge >= 0.3 is 0 Å². The van der Waals surface area contributed by atoms with E-state index in [-0.39, 0.29) is 0 Å². The molecule has 0 radical (unpaired) electrons. The molecular weight excluding hydrogens is 200 g/mol. The Morgan fingerprint density at radius 2 is 2.19 bits per heavy atom. The standard InChI is InChI=1S/C12H16N4/c1-9-4-5-13-12(6-9)14-7-11-8-15-16(3)10(11)2/h4-6,8H,7H2,1-3H3,(H,13,14). The summed E-state index contributed by atoms with van der Waals surface area (Å²) in [5.41, 5.74) is 3.59. The summed E-state index contributed by atoms with van der Waals surface area (Å²) in [5, 5.41) is 7.49. The van der Waals surface area contributed by atoms with Crippen molar-refractivity contribution >= 4 is 5.82 Å². The van der Waals surface area contributed by atoms with Gasteiger partial charge in [0.1, 0.15) is 5.82 Å². The number of nitrogens with one attached hydrogen (secondary N) is 1. The molecule has 84 valence electrons. The van der Waals surface area contributed by atoms with Gasteiger partial charge in [0, 0.05) is 31.0 Å². The van der Waals surface area contributed by atoms with E-state index in [0.717, 1.165) is 12.4 Å². The van der Waals surface area contributed by atoms with Crippen LogP contribution in [0.25, 0.3) is 0 Å². The maximum absolute atomic E-state index is 4.25. The molecule has 2 rings (SSSR count). The van der Waals surface area contributed by atoms with Crippen LogP contribution in [-0.2, 0) is 13.6 Å². The molecule has 0 bridgehead atoms. The van der Waals surface area contributed by atoms with Crippen molar-refractivity contribution in [2.75, 3.05) is 5.32 Å². The zero-order valence-corrected chi connectivity index (χ0v) is 9.86. The van der Waals surface area contributed by atoms with Crippen molar-refractivity contribution in [2.24, 2.45) is 7.05 Å². The van der Waals surface area contributed by atoms with Crippen molar-refractivity contribution < 1.29 is 0 Å². The summed E-state index contributed by atoms with van der Waals surface area (Å²) in [5.74, 6) is 0.906. The van der Waals surface area contributed by atoms with Crippen molar-refractivity contribution in [3.63, 3.8) is 0 Å². The molecular formula is C12H16N4. The lowest BCUT2D eigenvalue weighted by atomic mass is 10.2. The number of rotatable bonds is 3. The minimum Gasteiger partial charge on any atom is -0.366 e. The van der Waals surface area contributed by atoms with Crippen LogP contribution >= 0.6 is 0 Å². The Morgan fingerprint density at radius 1 is 1.38 bits per heavy atom. The first-order chi connectivity index (χ1) is 7.66. The Balaban J connectivity index is 2.05. The first-order valence-corrected chi connectivity index (χ1v) is 5.31. The van der Waals surface area contributed by atoms with Crippen LogP contribution in [0, 0.1) is 13.8 Å². The van der Waals surface area contributed by atoms with Gasteiger partial charge in [-0.25, -0.2) is 4.98 Å². The molecule has 0 saturated carbocycles. The van der Waals surface area contributed by atoms with Crippen molar-refractivity contribution in [2.45, 2.75) is 20.4 Å². The van der Waals surface area contributed by atoms with E-state index in [9.17, 15) is 0 Å². The van der Waals surface area contributed by atoms with Gasteiger partial charge in [-0.15, -0.1) is 0 Å². The van der Waals surface area contributed by atoms with Crippen LogP contribution in [0.4, 0.5) is 5.82 Å². The fourth-order valence-corrected chi connectivity index (χ4v) is 1.54. The summed E-state index contributed by atoms with van der Waals surface area (Å²) in [6.45, 7) is 4.88. The first kappa shape index (κ1) is 10.7.